The average Bonchev–Trinajstić information content (AvgIpc) is 2.92. The van der Waals surface area contributed by atoms with Crippen molar-refractivity contribution >= 4 is 42.2 Å². The van der Waals surface area contributed by atoms with Crippen molar-refractivity contribution in [3.63, 3.8) is 0 Å². The van der Waals surface area contributed by atoms with E-state index in [0.717, 1.165) is 11.1 Å². The molecule has 3 rings (SSSR count). The van der Waals surface area contributed by atoms with E-state index in [1.807, 2.05) is 60.7 Å². The van der Waals surface area contributed by atoms with E-state index in [-0.39, 0.29) is 29.5 Å². The third-order valence-corrected chi connectivity index (χ3v) is 6.98. The summed E-state index contributed by atoms with van der Waals surface area (Å²) in [5.74, 6) is -1.34. The fourth-order valence-electron chi connectivity index (χ4n) is 3.55. The number of hydrogen-bond donors (Lipinski definition) is 3. The Labute approximate surface area is 191 Å². The fraction of sp³-hybridized carbons (Fsp3) is 0.348. The first-order valence-electron chi connectivity index (χ1n) is 10.1. The van der Waals surface area contributed by atoms with Gasteiger partial charge in [0.05, 0.1) is 5.92 Å². The van der Waals surface area contributed by atoms with Crippen molar-refractivity contribution in [3.05, 3.63) is 71.8 Å². The minimum Gasteiger partial charge on any atom is -0.480 e. The second-order valence-corrected chi connectivity index (χ2v) is 9.08. The molecule has 2 N–H and O–H groups in total. The van der Waals surface area contributed by atoms with Crippen molar-refractivity contribution in [2.75, 3.05) is 24.6 Å². The van der Waals surface area contributed by atoms with Crippen molar-refractivity contribution in [3.8, 4) is 0 Å². The second kappa shape index (κ2) is 11.2. The first-order valence-corrected chi connectivity index (χ1v) is 11.8. The summed E-state index contributed by atoms with van der Waals surface area (Å²) in [7, 11) is 0. The summed E-state index contributed by atoms with van der Waals surface area (Å²) in [6, 6.07) is 18.6. The van der Waals surface area contributed by atoms with E-state index < -0.39 is 18.6 Å². The van der Waals surface area contributed by atoms with Crippen LogP contribution in [0.15, 0.2) is 60.7 Å². The van der Waals surface area contributed by atoms with Gasteiger partial charge in [-0.05, 0) is 17.5 Å². The summed E-state index contributed by atoms with van der Waals surface area (Å²) in [5.41, 5.74) is 2.05. The molecule has 0 bridgehead atoms. The van der Waals surface area contributed by atoms with Crippen molar-refractivity contribution < 1.29 is 19.5 Å². The first kappa shape index (κ1) is 23.2. The molecule has 2 amide bonds. The molecule has 1 saturated heterocycles. The van der Waals surface area contributed by atoms with Crippen molar-refractivity contribution in [2.24, 2.45) is 5.92 Å². The molecule has 0 aromatic heterocycles. The summed E-state index contributed by atoms with van der Waals surface area (Å²) >= 11 is 5.89. The molecule has 1 aliphatic heterocycles. The molecule has 164 valence electrons. The summed E-state index contributed by atoms with van der Waals surface area (Å²) < 4.78 is 0. The van der Waals surface area contributed by atoms with Crippen LogP contribution >= 0.6 is 24.4 Å². The maximum atomic E-state index is 13.1. The van der Waals surface area contributed by atoms with Gasteiger partial charge in [0, 0.05) is 23.3 Å². The largest absolute Gasteiger partial charge is 0.480 e. The van der Waals surface area contributed by atoms with E-state index in [4.69, 9.17) is 0 Å². The molecule has 2 aromatic carbocycles. The van der Waals surface area contributed by atoms with Crippen LogP contribution in [0, 0.1) is 5.92 Å². The van der Waals surface area contributed by atoms with Crippen LogP contribution in [0.3, 0.4) is 0 Å². The molecule has 8 heteroatoms. The quantitative estimate of drug-likeness (QED) is 0.530. The maximum absolute atomic E-state index is 13.1. The lowest BCUT2D eigenvalue weighted by molar-refractivity contribution is -0.145. The van der Waals surface area contributed by atoms with Crippen molar-refractivity contribution in [2.45, 2.75) is 17.7 Å². The summed E-state index contributed by atoms with van der Waals surface area (Å²) in [5, 5.41) is 12.1. The van der Waals surface area contributed by atoms with Crippen LogP contribution < -0.4 is 5.32 Å². The number of carboxylic acids is 1. The van der Waals surface area contributed by atoms with Gasteiger partial charge in [0.25, 0.3) is 0 Å². The molecular formula is C23H26N2O4S2. The third kappa shape index (κ3) is 6.51. The van der Waals surface area contributed by atoms with E-state index >= 15 is 0 Å². The second-order valence-electron chi connectivity index (χ2n) is 7.48. The van der Waals surface area contributed by atoms with E-state index in [9.17, 15) is 19.5 Å². The smallest absolute Gasteiger partial charge is 0.323 e. The van der Waals surface area contributed by atoms with Crippen LogP contribution in [-0.2, 0) is 20.8 Å². The third-order valence-electron chi connectivity index (χ3n) is 5.19. The van der Waals surface area contributed by atoms with Gasteiger partial charge in [-0.15, -0.1) is 11.8 Å². The van der Waals surface area contributed by atoms with Gasteiger partial charge in [-0.25, -0.2) is 0 Å². The number of benzene rings is 2. The number of nitrogens with one attached hydrogen (secondary N) is 1. The SMILES string of the molecule is O=C(O)CN1C[C@@H](c2ccccc2)SC[C@H](NC(=O)C(CS)Cc2ccccc2)C1=O. The number of carboxylic acid groups (broad SMARTS) is 1. The molecule has 31 heavy (non-hydrogen) atoms. The number of carbonyl (C=O) groups is 3. The molecule has 2 aromatic rings. The average molecular weight is 459 g/mol. The molecule has 1 aliphatic rings. The standard InChI is InChI=1S/C23H26N2O4S2/c26-21(27)13-25-12-20(17-9-5-2-6-10-17)31-15-19(23(25)29)24-22(28)18(14-30)11-16-7-3-1-4-8-16/h1-10,18-20,30H,11-15H2,(H,24,28)(H,26,27)/t18?,19-,20-/m0/s1. The van der Waals surface area contributed by atoms with E-state index in [1.165, 1.54) is 4.90 Å². The van der Waals surface area contributed by atoms with E-state index in [1.54, 1.807) is 11.8 Å². The minimum absolute atomic E-state index is 0.0589. The Hall–Kier alpha value is -2.45. The molecular weight excluding hydrogens is 432 g/mol. The van der Waals surface area contributed by atoms with Gasteiger partial charge in [-0.1, -0.05) is 60.7 Å². The number of thiol groups is 1. The molecule has 6 nitrogen and oxygen atoms in total. The van der Waals surface area contributed by atoms with Crippen LogP contribution in [0.2, 0.25) is 0 Å². The molecule has 0 radical (unpaired) electrons. The maximum Gasteiger partial charge on any atom is 0.323 e. The van der Waals surface area contributed by atoms with Gasteiger partial charge in [0.2, 0.25) is 11.8 Å². The molecule has 1 fully saturated rings. The fourth-order valence-corrected chi connectivity index (χ4v) is 5.13. The summed E-state index contributed by atoms with van der Waals surface area (Å²) in [4.78, 5) is 38.7. The van der Waals surface area contributed by atoms with Crippen LogP contribution in [0.5, 0.6) is 0 Å². The number of nitrogens with zero attached hydrogens (tertiary/aromatic N) is 1. The van der Waals surface area contributed by atoms with Gasteiger partial charge in [-0.2, -0.15) is 12.6 Å². The van der Waals surface area contributed by atoms with Crippen molar-refractivity contribution in [1.29, 1.82) is 0 Å². The number of thioether (sulfide) groups is 1. The Morgan fingerprint density at radius 2 is 1.77 bits per heavy atom. The minimum atomic E-state index is -1.07. The topological polar surface area (TPSA) is 86.7 Å². The van der Waals surface area contributed by atoms with Crippen LogP contribution in [0.4, 0.5) is 0 Å². The highest BCUT2D eigenvalue weighted by molar-refractivity contribution is 7.99. The predicted molar refractivity (Wildman–Crippen MR) is 125 cm³/mol. The Morgan fingerprint density at radius 3 is 2.39 bits per heavy atom. The van der Waals surface area contributed by atoms with Crippen LogP contribution in [0.1, 0.15) is 16.4 Å². The lowest BCUT2D eigenvalue weighted by Crippen LogP contribution is -2.51. The van der Waals surface area contributed by atoms with Crippen LogP contribution in [-0.4, -0.2) is 58.4 Å². The van der Waals surface area contributed by atoms with E-state index in [2.05, 4.69) is 17.9 Å². The predicted octanol–water partition coefficient (Wildman–Crippen LogP) is 2.66. The Morgan fingerprint density at radius 1 is 1.13 bits per heavy atom. The number of rotatable bonds is 8. The zero-order chi connectivity index (χ0) is 22.2. The van der Waals surface area contributed by atoms with Gasteiger partial charge < -0.3 is 15.3 Å². The molecule has 0 aliphatic carbocycles. The Kier molecular flexibility index (Phi) is 8.43. The molecule has 0 saturated carbocycles. The van der Waals surface area contributed by atoms with Gasteiger partial charge >= 0.3 is 5.97 Å². The molecule has 1 unspecified atom stereocenters. The number of amides is 2. The highest BCUT2D eigenvalue weighted by Crippen LogP contribution is 2.33. The van der Waals surface area contributed by atoms with Crippen molar-refractivity contribution in [1.82, 2.24) is 10.2 Å². The lowest BCUT2D eigenvalue weighted by Gasteiger charge is -2.25. The monoisotopic (exact) mass is 458 g/mol. The first-order chi connectivity index (χ1) is 15.0. The normalized spacial score (nSPS) is 20.0. The number of hydrogen-bond acceptors (Lipinski definition) is 5. The van der Waals surface area contributed by atoms with Crippen LogP contribution in [0.25, 0.3) is 0 Å². The number of aliphatic carboxylic acids is 1. The van der Waals surface area contributed by atoms with E-state index in [0.29, 0.717) is 17.9 Å². The summed E-state index contributed by atoms with van der Waals surface area (Å²) in [6.07, 6.45) is 0.524. The van der Waals surface area contributed by atoms with Gasteiger partial charge in [-0.3, -0.25) is 14.4 Å². The highest BCUT2D eigenvalue weighted by atomic mass is 32.2. The van der Waals surface area contributed by atoms with Gasteiger partial charge in [0.1, 0.15) is 12.6 Å². The number of carbonyl (C=O) groups excluding carboxylic acids is 2. The zero-order valence-corrected chi connectivity index (χ0v) is 18.7. The Balaban J connectivity index is 1.73. The Bertz CT molecular complexity index is 895. The zero-order valence-electron chi connectivity index (χ0n) is 17.0. The van der Waals surface area contributed by atoms with Gasteiger partial charge in [0.15, 0.2) is 0 Å². The lowest BCUT2D eigenvalue weighted by atomic mass is 10.00. The molecule has 0 spiro atoms. The highest BCUT2D eigenvalue weighted by Gasteiger charge is 2.35. The summed E-state index contributed by atoms with van der Waals surface area (Å²) in [6.45, 7) is -0.110. The molecule has 3 atom stereocenters. The molecule has 1 heterocycles.